The Morgan fingerprint density at radius 1 is 1.27 bits per heavy atom. The number of alkyl halides is 3. The number of rotatable bonds is 3. The number of nitrogens with one attached hydrogen (secondary N) is 2. The molecule has 0 aromatic heterocycles. The molecule has 0 spiro atoms. The molecule has 1 saturated heterocycles. The largest absolute Gasteiger partial charge is 0.416 e. The first-order chi connectivity index (χ1) is 13.6. The Bertz CT molecular complexity index is 847. The van der Waals surface area contributed by atoms with E-state index in [1.807, 2.05) is 25.7 Å². The van der Waals surface area contributed by atoms with E-state index in [1.165, 1.54) is 12.1 Å². The summed E-state index contributed by atoms with van der Waals surface area (Å²) in [5, 5.41) is 5.98. The number of piperidine rings is 1. The first-order valence-corrected chi connectivity index (χ1v) is 10.6. The minimum atomic E-state index is -4.43. The van der Waals surface area contributed by atoms with Gasteiger partial charge in [0.2, 0.25) is 5.91 Å². The number of thiocarbonyl (C=S) groups is 1. The third-order valence-electron chi connectivity index (χ3n) is 6.66. The molecule has 1 aliphatic carbocycles. The van der Waals surface area contributed by atoms with Gasteiger partial charge in [0.1, 0.15) is 6.04 Å². The molecule has 1 saturated carbocycles. The normalized spacial score (nSPS) is 26.0. The molecule has 1 heterocycles. The molecular formula is C22H30F3N3OS. The second-order valence-electron chi connectivity index (χ2n) is 10.2. The van der Waals surface area contributed by atoms with Crippen LogP contribution >= 0.6 is 12.2 Å². The Labute approximate surface area is 181 Å². The molecule has 2 N–H and O–H groups in total. The first-order valence-electron chi connectivity index (χ1n) is 10.2. The predicted molar refractivity (Wildman–Crippen MR) is 116 cm³/mol. The zero-order valence-corrected chi connectivity index (χ0v) is 19.0. The molecule has 0 bridgehead atoms. The zero-order chi connectivity index (χ0) is 22.6. The van der Waals surface area contributed by atoms with Crippen molar-refractivity contribution in [3.05, 3.63) is 29.8 Å². The smallest absolute Gasteiger partial charge is 0.350 e. The van der Waals surface area contributed by atoms with Crippen molar-refractivity contribution in [1.82, 2.24) is 10.2 Å². The van der Waals surface area contributed by atoms with Gasteiger partial charge in [-0.05, 0) is 60.0 Å². The van der Waals surface area contributed by atoms with Crippen LogP contribution in [0.2, 0.25) is 0 Å². The van der Waals surface area contributed by atoms with Crippen LogP contribution < -0.4 is 10.6 Å². The Morgan fingerprint density at radius 2 is 1.90 bits per heavy atom. The van der Waals surface area contributed by atoms with Crippen LogP contribution in [0.1, 0.15) is 47.1 Å². The summed E-state index contributed by atoms with van der Waals surface area (Å²) in [6.07, 6.45) is -4.43. The molecule has 4 nitrogen and oxygen atoms in total. The highest BCUT2D eigenvalue weighted by molar-refractivity contribution is 7.80. The topological polar surface area (TPSA) is 44.4 Å². The number of amides is 1. The van der Waals surface area contributed by atoms with Crippen LogP contribution in [0.5, 0.6) is 0 Å². The Morgan fingerprint density at radius 3 is 2.40 bits per heavy atom. The van der Waals surface area contributed by atoms with Crippen LogP contribution in [0.15, 0.2) is 24.3 Å². The number of fused-ring (bicyclic) bond motifs is 1. The number of benzene rings is 1. The summed E-state index contributed by atoms with van der Waals surface area (Å²) in [6.45, 7) is 13.2. The predicted octanol–water partition coefficient (Wildman–Crippen LogP) is 4.91. The molecule has 1 aromatic rings. The van der Waals surface area contributed by atoms with Gasteiger partial charge in [-0.2, -0.15) is 13.2 Å². The minimum absolute atomic E-state index is 0.0220. The van der Waals surface area contributed by atoms with Gasteiger partial charge in [-0.3, -0.25) is 4.79 Å². The SMILES string of the molecule is C[C@@H]1[C@@H]2[C@H](CN1C(=O)[C@@H](NC(=S)Nc1cccc(C(F)(F)F)c1)C(C)(C)C)C2(C)C. The van der Waals surface area contributed by atoms with Crippen molar-refractivity contribution in [3.63, 3.8) is 0 Å². The monoisotopic (exact) mass is 441 g/mol. The second kappa shape index (κ2) is 7.39. The molecular weight excluding hydrogens is 411 g/mol. The average molecular weight is 442 g/mol. The lowest BCUT2D eigenvalue weighted by atomic mass is 9.85. The van der Waals surface area contributed by atoms with E-state index < -0.39 is 23.2 Å². The number of halogens is 3. The van der Waals surface area contributed by atoms with Gasteiger partial charge >= 0.3 is 6.18 Å². The Balaban J connectivity index is 1.70. The zero-order valence-electron chi connectivity index (χ0n) is 18.2. The number of hydrogen-bond acceptors (Lipinski definition) is 2. The number of anilines is 1. The Kier molecular flexibility index (Phi) is 5.63. The maximum Gasteiger partial charge on any atom is 0.416 e. The summed E-state index contributed by atoms with van der Waals surface area (Å²) in [6, 6.07) is 4.40. The van der Waals surface area contributed by atoms with Gasteiger partial charge in [-0.25, -0.2) is 0 Å². The molecule has 30 heavy (non-hydrogen) atoms. The fourth-order valence-electron chi connectivity index (χ4n) is 4.84. The molecule has 166 valence electrons. The maximum absolute atomic E-state index is 13.4. The number of carbonyl (C=O) groups is 1. The summed E-state index contributed by atoms with van der Waals surface area (Å²) in [5.74, 6) is 1.01. The van der Waals surface area contributed by atoms with E-state index in [0.29, 0.717) is 11.8 Å². The summed E-state index contributed by atoms with van der Waals surface area (Å²) in [5.41, 5.74) is -0.689. The number of hydrogen-bond donors (Lipinski definition) is 2. The van der Waals surface area contributed by atoms with Crippen molar-refractivity contribution in [2.24, 2.45) is 22.7 Å². The third-order valence-corrected chi connectivity index (χ3v) is 6.88. The highest BCUT2D eigenvalue weighted by Gasteiger charge is 2.66. The molecule has 4 atom stereocenters. The van der Waals surface area contributed by atoms with Crippen molar-refractivity contribution in [1.29, 1.82) is 0 Å². The molecule has 3 rings (SSSR count). The van der Waals surface area contributed by atoms with Gasteiger partial charge in [-0.15, -0.1) is 0 Å². The molecule has 0 unspecified atom stereocenters. The van der Waals surface area contributed by atoms with Crippen molar-refractivity contribution in [2.45, 2.75) is 59.8 Å². The first kappa shape index (κ1) is 22.8. The van der Waals surface area contributed by atoms with Crippen LogP contribution in [-0.2, 0) is 11.0 Å². The molecule has 2 fully saturated rings. The van der Waals surface area contributed by atoms with E-state index in [9.17, 15) is 18.0 Å². The number of carbonyl (C=O) groups excluding carboxylic acids is 1. The van der Waals surface area contributed by atoms with Gasteiger partial charge in [0.25, 0.3) is 0 Å². The van der Waals surface area contributed by atoms with Crippen LogP contribution in [0.3, 0.4) is 0 Å². The lowest BCUT2D eigenvalue weighted by Gasteiger charge is -2.37. The molecule has 1 aromatic carbocycles. The fraction of sp³-hybridized carbons (Fsp3) is 0.636. The summed E-state index contributed by atoms with van der Waals surface area (Å²) >= 11 is 5.34. The summed E-state index contributed by atoms with van der Waals surface area (Å²) in [7, 11) is 0. The average Bonchev–Trinajstić information content (AvgIpc) is 2.94. The van der Waals surface area contributed by atoms with E-state index >= 15 is 0 Å². The molecule has 8 heteroatoms. The molecule has 0 radical (unpaired) electrons. The van der Waals surface area contributed by atoms with E-state index in [1.54, 1.807) is 0 Å². The number of nitrogens with zero attached hydrogens (tertiary/aromatic N) is 1. The van der Waals surface area contributed by atoms with Crippen molar-refractivity contribution in [2.75, 3.05) is 11.9 Å². The minimum Gasteiger partial charge on any atom is -0.350 e. The van der Waals surface area contributed by atoms with Crippen LogP contribution in [0, 0.1) is 22.7 Å². The second-order valence-corrected chi connectivity index (χ2v) is 10.6. The lowest BCUT2D eigenvalue weighted by Crippen LogP contribution is -2.57. The highest BCUT2D eigenvalue weighted by atomic mass is 32.1. The highest BCUT2D eigenvalue weighted by Crippen LogP contribution is 2.64. The quantitative estimate of drug-likeness (QED) is 0.655. The summed E-state index contributed by atoms with van der Waals surface area (Å²) < 4.78 is 38.9. The van der Waals surface area contributed by atoms with Crippen molar-refractivity contribution >= 4 is 28.9 Å². The number of likely N-dealkylation sites (tertiary alicyclic amines) is 1. The van der Waals surface area contributed by atoms with E-state index in [-0.39, 0.29) is 28.2 Å². The lowest BCUT2D eigenvalue weighted by molar-refractivity contribution is -0.138. The van der Waals surface area contributed by atoms with Gasteiger partial charge < -0.3 is 15.5 Å². The Hall–Kier alpha value is -1.83. The molecule has 1 aliphatic heterocycles. The van der Waals surface area contributed by atoms with Gasteiger partial charge in [0.05, 0.1) is 5.56 Å². The van der Waals surface area contributed by atoms with Gasteiger partial charge in [0.15, 0.2) is 5.11 Å². The standard InChI is InChI=1S/C22H30F3N3OS/c1-12-16-15(21(16,5)6)11-28(12)18(29)17(20(2,3)4)27-19(30)26-14-9-7-8-13(10-14)22(23,24)25/h7-10,12,15-17H,11H2,1-6H3,(H2,26,27,30)/t12-,15+,16-,17-/m1/s1. The van der Waals surface area contributed by atoms with Crippen LogP contribution in [-0.4, -0.2) is 34.5 Å². The van der Waals surface area contributed by atoms with Crippen molar-refractivity contribution in [3.8, 4) is 0 Å². The van der Waals surface area contributed by atoms with Crippen LogP contribution in [0.25, 0.3) is 0 Å². The van der Waals surface area contributed by atoms with E-state index in [0.717, 1.165) is 18.7 Å². The van der Waals surface area contributed by atoms with Gasteiger partial charge in [-0.1, -0.05) is 40.7 Å². The third kappa shape index (κ3) is 4.29. The maximum atomic E-state index is 13.4. The fourth-order valence-corrected chi connectivity index (χ4v) is 5.08. The van der Waals surface area contributed by atoms with E-state index in [4.69, 9.17) is 12.2 Å². The van der Waals surface area contributed by atoms with Gasteiger partial charge in [0, 0.05) is 18.3 Å². The van der Waals surface area contributed by atoms with E-state index in [2.05, 4.69) is 31.4 Å². The summed E-state index contributed by atoms with van der Waals surface area (Å²) in [4.78, 5) is 15.3. The van der Waals surface area contributed by atoms with Crippen molar-refractivity contribution < 1.29 is 18.0 Å². The molecule has 1 amide bonds. The van der Waals surface area contributed by atoms with Crippen LogP contribution in [0.4, 0.5) is 18.9 Å². The molecule has 2 aliphatic rings.